The molecule has 0 radical (unpaired) electrons. The summed E-state index contributed by atoms with van der Waals surface area (Å²) in [6, 6.07) is 1.76. The molecule has 0 spiro atoms. The monoisotopic (exact) mass is 241 g/mol. The Morgan fingerprint density at radius 2 is 2.00 bits per heavy atom. The first-order valence-corrected chi connectivity index (χ1v) is 5.46. The van der Waals surface area contributed by atoms with Crippen molar-refractivity contribution in [1.82, 2.24) is 0 Å². The molecule has 1 aromatic rings. The van der Waals surface area contributed by atoms with Crippen LogP contribution in [0.1, 0.15) is 30.1 Å². The lowest BCUT2D eigenvalue weighted by molar-refractivity contribution is 0.0692. The molecule has 1 saturated carbocycles. The van der Waals surface area contributed by atoms with Crippen LogP contribution in [0.3, 0.4) is 0 Å². The van der Waals surface area contributed by atoms with Gasteiger partial charge in [0.2, 0.25) is 0 Å². The van der Waals surface area contributed by atoms with E-state index in [0.29, 0.717) is 12.0 Å². The Morgan fingerprint density at radius 3 is 2.53 bits per heavy atom. The molecule has 1 aromatic carbocycles. The molecular formula is C12H13F2NO2. The van der Waals surface area contributed by atoms with Crippen LogP contribution in [0, 0.1) is 17.6 Å². The maximum Gasteiger partial charge on any atom is 0.338 e. The molecule has 17 heavy (non-hydrogen) atoms. The van der Waals surface area contributed by atoms with Crippen LogP contribution in [0.5, 0.6) is 0 Å². The number of carbonyl (C=O) groups is 1. The van der Waals surface area contributed by atoms with Crippen LogP contribution in [0.4, 0.5) is 14.5 Å². The summed E-state index contributed by atoms with van der Waals surface area (Å²) in [6.45, 7) is 2.09. The van der Waals surface area contributed by atoms with Gasteiger partial charge in [-0.05, 0) is 24.8 Å². The van der Waals surface area contributed by atoms with Crippen LogP contribution in [0.2, 0.25) is 0 Å². The Bertz CT molecular complexity index is 456. The van der Waals surface area contributed by atoms with Gasteiger partial charge in [-0.2, -0.15) is 0 Å². The number of aromatic carboxylic acids is 1. The Morgan fingerprint density at radius 1 is 1.35 bits per heavy atom. The molecule has 5 heteroatoms. The Kier molecular flexibility index (Phi) is 3.00. The minimum absolute atomic E-state index is 0.0562. The number of nitrogens with one attached hydrogen (secondary N) is 1. The molecule has 1 aliphatic carbocycles. The summed E-state index contributed by atoms with van der Waals surface area (Å²) in [5, 5.41) is 11.6. The van der Waals surface area contributed by atoms with Crippen molar-refractivity contribution in [2.45, 2.75) is 25.8 Å². The minimum Gasteiger partial charge on any atom is -0.478 e. The van der Waals surface area contributed by atoms with Gasteiger partial charge in [0.15, 0.2) is 0 Å². The average molecular weight is 241 g/mol. The van der Waals surface area contributed by atoms with Crippen molar-refractivity contribution in [2.24, 2.45) is 5.92 Å². The van der Waals surface area contributed by atoms with Crippen molar-refractivity contribution in [3.63, 3.8) is 0 Å². The van der Waals surface area contributed by atoms with Crippen LogP contribution >= 0.6 is 0 Å². The van der Waals surface area contributed by atoms with E-state index in [4.69, 9.17) is 5.11 Å². The number of carboxylic acid groups (broad SMARTS) is 1. The SMILES string of the molecule is CC1CC(Nc2cc(C(=O)O)c(F)cc2F)C1. The molecule has 0 amide bonds. The molecule has 0 aliphatic heterocycles. The number of halogens is 2. The van der Waals surface area contributed by atoms with E-state index in [1.807, 2.05) is 0 Å². The van der Waals surface area contributed by atoms with Crippen LogP contribution in [-0.2, 0) is 0 Å². The molecule has 0 saturated heterocycles. The van der Waals surface area contributed by atoms with Gasteiger partial charge < -0.3 is 10.4 Å². The third-order valence-corrected chi connectivity index (χ3v) is 3.02. The highest BCUT2D eigenvalue weighted by Crippen LogP contribution is 2.31. The van der Waals surface area contributed by atoms with Gasteiger partial charge in [-0.1, -0.05) is 6.92 Å². The molecule has 2 N–H and O–H groups in total. The molecule has 92 valence electrons. The number of rotatable bonds is 3. The van der Waals surface area contributed by atoms with E-state index < -0.39 is 23.2 Å². The first-order chi connectivity index (χ1) is 7.97. The van der Waals surface area contributed by atoms with Crippen LogP contribution in [0.25, 0.3) is 0 Å². The van der Waals surface area contributed by atoms with Gasteiger partial charge in [0.25, 0.3) is 0 Å². The minimum atomic E-state index is -1.40. The lowest BCUT2D eigenvalue weighted by Gasteiger charge is -2.34. The molecule has 0 aromatic heterocycles. The van der Waals surface area contributed by atoms with E-state index in [2.05, 4.69) is 12.2 Å². The predicted molar refractivity (Wildman–Crippen MR) is 59.1 cm³/mol. The molecule has 2 rings (SSSR count). The lowest BCUT2D eigenvalue weighted by atomic mass is 9.82. The number of hydrogen-bond acceptors (Lipinski definition) is 2. The molecule has 0 bridgehead atoms. The summed E-state index contributed by atoms with van der Waals surface area (Å²) in [4.78, 5) is 10.7. The molecule has 3 nitrogen and oxygen atoms in total. The summed E-state index contributed by atoms with van der Waals surface area (Å²) >= 11 is 0. The van der Waals surface area contributed by atoms with Gasteiger partial charge in [0.1, 0.15) is 11.6 Å². The largest absolute Gasteiger partial charge is 0.478 e. The van der Waals surface area contributed by atoms with Gasteiger partial charge in [-0.25, -0.2) is 13.6 Å². The Balaban J connectivity index is 2.21. The van der Waals surface area contributed by atoms with Crippen molar-refractivity contribution in [3.8, 4) is 0 Å². The summed E-state index contributed by atoms with van der Waals surface area (Å²) in [5.74, 6) is -2.61. The average Bonchev–Trinajstić information content (AvgIpc) is 2.18. The maximum atomic E-state index is 13.4. The normalized spacial score (nSPS) is 23.0. The van der Waals surface area contributed by atoms with Gasteiger partial charge in [-0.3, -0.25) is 0 Å². The van der Waals surface area contributed by atoms with E-state index in [0.717, 1.165) is 18.9 Å². The van der Waals surface area contributed by atoms with E-state index >= 15 is 0 Å². The van der Waals surface area contributed by atoms with E-state index in [1.54, 1.807) is 0 Å². The fourth-order valence-electron chi connectivity index (χ4n) is 2.06. The third-order valence-electron chi connectivity index (χ3n) is 3.02. The van der Waals surface area contributed by atoms with Crippen molar-refractivity contribution in [3.05, 3.63) is 29.3 Å². The summed E-state index contributed by atoms with van der Waals surface area (Å²) in [5.41, 5.74) is -0.457. The van der Waals surface area contributed by atoms with E-state index in [9.17, 15) is 13.6 Å². The summed E-state index contributed by atoms with van der Waals surface area (Å²) in [7, 11) is 0. The number of anilines is 1. The highest BCUT2D eigenvalue weighted by molar-refractivity contribution is 5.89. The zero-order valence-electron chi connectivity index (χ0n) is 9.34. The first kappa shape index (κ1) is 11.8. The second-order valence-electron chi connectivity index (χ2n) is 4.53. The van der Waals surface area contributed by atoms with Crippen molar-refractivity contribution in [2.75, 3.05) is 5.32 Å². The summed E-state index contributed by atoms with van der Waals surface area (Å²) in [6.07, 6.45) is 1.83. The fourth-order valence-corrected chi connectivity index (χ4v) is 2.06. The highest BCUT2D eigenvalue weighted by atomic mass is 19.1. The zero-order valence-corrected chi connectivity index (χ0v) is 9.34. The number of carboxylic acids is 1. The van der Waals surface area contributed by atoms with Crippen LogP contribution in [0.15, 0.2) is 12.1 Å². The smallest absolute Gasteiger partial charge is 0.338 e. The standard InChI is InChI=1S/C12H13F2NO2/c1-6-2-7(3-6)15-11-4-8(12(16)17)9(13)5-10(11)14/h4-7,15H,2-3H2,1H3,(H,16,17). The Labute approximate surface area is 97.5 Å². The van der Waals surface area contributed by atoms with Gasteiger partial charge in [0.05, 0.1) is 11.3 Å². The molecular weight excluding hydrogens is 228 g/mol. The van der Waals surface area contributed by atoms with Crippen molar-refractivity contribution in [1.29, 1.82) is 0 Å². The van der Waals surface area contributed by atoms with Gasteiger partial charge in [0, 0.05) is 12.1 Å². The van der Waals surface area contributed by atoms with Crippen molar-refractivity contribution < 1.29 is 18.7 Å². The maximum absolute atomic E-state index is 13.4. The number of hydrogen-bond donors (Lipinski definition) is 2. The summed E-state index contributed by atoms with van der Waals surface area (Å²) < 4.78 is 26.5. The van der Waals surface area contributed by atoms with Gasteiger partial charge >= 0.3 is 5.97 Å². The molecule has 0 heterocycles. The second-order valence-corrected chi connectivity index (χ2v) is 4.53. The zero-order chi connectivity index (χ0) is 12.6. The molecule has 0 atom stereocenters. The Hall–Kier alpha value is -1.65. The second kappa shape index (κ2) is 4.31. The topological polar surface area (TPSA) is 49.3 Å². The molecule has 1 fully saturated rings. The van der Waals surface area contributed by atoms with Crippen LogP contribution < -0.4 is 5.32 Å². The third kappa shape index (κ3) is 2.38. The van der Waals surface area contributed by atoms with Crippen molar-refractivity contribution >= 4 is 11.7 Å². The van der Waals surface area contributed by atoms with Crippen LogP contribution in [-0.4, -0.2) is 17.1 Å². The number of benzene rings is 1. The molecule has 0 unspecified atom stereocenters. The highest BCUT2D eigenvalue weighted by Gasteiger charge is 2.26. The van der Waals surface area contributed by atoms with E-state index in [-0.39, 0.29) is 11.7 Å². The first-order valence-electron chi connectivity index (χ1n) is 5.46. The quantitative estimate of drug-likeness (QED) is 0.855. The van der Waals surface area contributed by atoms with Gasteiger partial charge in [-0.15, -0.1) is 0 Å². The predicted octanol–water partition coefficient (Wildman–Crippen LogP) is 2.87. The fraction of sp³-hybridized carbons (Fsp3) is 0.417. The molecule has 1 aliphatic rings. The van der Waals surface area contributed by atoms with E-state index in [1.165, 1.54) is 0 Å². The lowest BCUT2D eigenvalue weighted by Crippen LogP contribution is -2.34.